The first-order valence-corrected chi connectivity index (χ1v) is 3.91. The Hall–Kier alpha value is -1.42. The van der Waals surface area contributed by atoms with E-state index in [-0.39, 0.29) is 6.20 Å². The zero-order valence-corrected chi connectivity index (χ0v) is 7.44. The number of hydrogen-bond donors (Lipinski definition) is 0. The molecule has 3 nitrogen and oxygen atoms in total. The molecular weight excluding hydrogens is 266 g/mol. The third-order valence-electron chi connectivity index (χ3n) is 2.30. The van der Waals surface area contributed by atoms with E-state index in [1.54, 1.807) is 0 Å². The Labute approximate surface area is 87.0 Å². The predicted molar refractivity (Wildman–Crippen MR) is 34.0 cm³/mol. The number of nitrogens with zero attached hydrogens (tertiary/aromatic N) is 3. The molecule has 11 heteroatoms. The minimum atomic E-state index is -6.29. The SMILES string of the molecule is FC1(F)c2cnnn2C(F)(F)C(F)(F)C1(F)F. The summed E-state index contributed by atoms with van der Waals surface area (Å²) >= 11 is 0. The highest BCUT2D eigenvalue weighted by molar-refractivity contribution is 5.20. The molecule has 0 N–H and O–H groups in total. The molecule has 0 spiro atoms. The lowest BCUT2D eigenvalue weighted by atomic mass is 9.96. The normalized spacial score (nSPS) is 27.5. The van der Waals surface area contributed by atoms with E-state index in [1.807, 2.05) is 0 Å². The third-order valence-corrected chi connectivity index (χ3v) is 2.30. The van der Waals surface area contributed by atoms with Crippen LogP contribution in [0.25, 0.3) is 0 Å². The van der Waals surface area contributed by atoms with Gasteiger partial charge in [-0.15, -0.1) is 5.10 Å². The first-order chi connectivity index (χ1) is 7.48. The van der Waals surface area contributed by atoms with Gasteiger partial charge in [0.25, 0.3) is 0 Å². The van der Waals surface area contributed by atoms with E-state index in [1.165, 1.54) is 0 Å². The standard InChI is InChI=1S/C6HF8N3/c7-3(8)2-1-15-16-17(2)6(13,14)5(11,12)4(3,9)10/h1H. The van der Waals surface area contributed by atoms with Gasteiger partial charge in [-0.25, -0.2) is 0 Å². The average molecular weight is 267 g/mol. The van der Waals surface area contributed by atoms with E-state index >= 15 is 0 Å². The van der Waals surface area contributed by atoms with Crippen molar-refractivity contribution in [3.8, 4) is 0 Å². The first-order valence-electron chi connectivity index (χ1n) is 3.91. The van der Waals surface area contributed by atoms with Crippen LogP contribution in [0, 0.1) is 0 Å². The minimum absolute atomic E-state index is 0.114. The fourth-order valence-corrected chi connectivity index (χ4v) is 1.34. The van der Waals surface area contributed by atoms with Crippen LogP contribution in [-0.4, -0.2) is 26.8 Å². The number of hydrogen-bond acceptors (Lipinski definition) is 2. The molecule has 0 radical (unpaired) electrons. The highest BCUT2D eigenvalue weighted by Gasteiger charge is 2.86. The second kappa shape index (κ2) is 2.70. The van der Waals surface area contributed by atoms with Crippen LogP contribution in [0.1, 0.15) is 5.69 Å². The fraction of sp³-hybridized carbons (Fsp3) is 0.667. The molecule has 17 heavy (non-hydrogen) atoms. The van der Waals surface area contributed by atoms with Crippen molar-refractivity contribution in [2.45, 2.75) is 23.8 Å². The summed E-state index contributed by atoms with van der Waals surface area (Å²) in [5.41, 5.74) is -2.07. The largest absolute Gasteiger partial charge is 0.414 e. The van der Waals surface area contributed by atoms with Gasteiger partial charge >= 0.3 is 23.8 Å². The van der Waals surface area contributed by atoms with Crippen LogP contribution in [0.3, 0.4) is 0 Å². The van der Waals surface area contributed by atoms with Gasteiger partial charge in [0.2, 0.25) is 0 Å². The van der Waals surface area contributed by atoms with Crippen molar-refractivity contribution in [1.82, 2.24) is 15.0 Å². The molecule has 0 fully saturated rings. The lowest BCUT2D eigenvalue weighted by molar-refractivity contribution is -0.414. The summed E-state index contributed by atoms with van der Waals surface area (Å²) < 4.78 is 102. The van der Waals surface area contributed by atoms with E-state index in [0.29, 0.717) is 0 Å². The molecule has 2 heterocycles. The summed E-state index contributed by atoms with van der Waals surface area (Å²) in [5.74, 6) is -18.0. The Morgan fingerprint density at radius 1 is 0.882 bits per heavy atom. The van der Waals surface area contributed by atoms with Crippen LogP contribution in [0.2, 0.25) is 0 Å². The lowest BCUT2D eigenvalue weighted by Gasteiger charge is -2.40. The van der Waals surface area contributed by atoms with E-state index in [4.69, 9.17) is 0 Å². The Morgan fingerprint density at radius 2 is 1.41 bits per heavy atom. The molecule has 96 valence electrons. The van der Waals surface area contributed by atoms with Gasteiger partial charge in [-0.2, -0.15) is 39.8 Å². The number of alkyl halides is 8. The van der Waals surface area contributed by atoms with Crippen molar-refractivity contribution in [1.29, 1.82) is 0 Å². The van der Waals surface area contributed by atoms with Gasteiger partial charge in [0, 0.05) is 0 Å². The molecular formula is C6HF8N3. The van der Waals surface area contributed by atoms with Crippen molar-refractivity contribution >= 4 is 0 Å². The Bertz CT molecular complexity index is 423. The minimum Gasteiger partial charge on any atom is -0.192 e. The first kappa shape index (κ1) is 12.0. The zero-order valence-electron chi connectivity index (χ0n) is 7.44. The average Bonchev–Trinajstić information content (AvgIpc) is 2.64. The summed E-state index contributed by atoms with van der Waals surface area (Å²) in [4.78, 5) is 0. The molecule has 1 aliphatic heterocycles. The number of halogens is 8. The molecule has 0 atom stereocenters. The second-order valence-electron chi connectivity index (χ2n) is 3.30. The smallest absolute Gasteiger partial charge is 0.192 e. The van der Waals surface area contributed by atoms with Crippen molar-refractivity contribution < 1.29 is 35.1 Å². The van der Waals surface area contributed by atoms with Gasteiger partial charge in [0.1, 0.15) is 5.69 Å². The molecule has 0 amide bonds. The van der Waals surface area contributed by atoms with Gasteiger partial charge in [-0.05, 0) is 0 Å². The molecule has 0 unspecified atom stereocenters. The maximum atomic E-state index is 13.0. The molecule has 0 bridgehead atoms. The van der Waals surface area contributed by atoms with Crippen molar-refractivity contribution in [3.05, 3.63) is 11.9 Å². The van der Waals surface area contributed by atoms with Crippen LogP contribution >= 0.6 is 0 Å². The monoisotopic (exact) mass is 267 g/mol. The Kier molecular flexibility index (Phi) is 1.91. The summed E-state index contributed by atoms with van der Waals surface area (Å²) in [6.45, 7) is 0. The fourth-order valence-electron chi connectivity index (χ4n) is 1.34. The van der Waals surface area contributed by atoms with E-state index in [2.05, 4.69) is 10.3 Å². The van der Waals surface area contributed by atoms with Gasteiger partial charge in [-0.3, -0.25) is 0 Å². The van der Waals surface area contributed by atoms with Crippen molar-refractivity contribution in [3.63, 3.8) is 0 Å². The number of aromatic nitrogens is 3. The molecule has 0 aliphatic carbocycles. The van der Waals surface area contributed by atoms with Gasteiger partial charge in [0.05, 0.1) is 6.20 Å². The number of fused-ring (bicyclic) bond motifs is 1. The quantitative estimate of drug-likeness (QED) is 0.675. The summed E-state index contributed by atoms with van der Waals surface area (Å²) in [6.07, 6.45) is -0.114. The second-order valence-corrected chi connectivity index (χ2v) is 3.30. The molecule has 1 aromatic rings. The van der Waals surface area contributed by atoms with E-state index < -0.39 is 34.2 Å². The van der Waals surface area contributed by atoms with Crippen LogP contribution in [0.5, 0.6) is 0 Å². The van der Waals surface area contributed by atoms with Crippen LogP contribution < -0.4 is 0 Å². The topological polar surface area (TPSA) is 30.7 Å². The van der Waals surface area contributed by atoms with Crippen molar-refractivity contribution in [2.24, 2.45) is 0 Å². The molecule has 0 saturated carbocycles. The summed E-state index contributed by atoms with van der Waals surface area (Å²) in [6, 6.07) is -5.59. The Morgan fingerprint density at radius 3 is 1.94 bits per heavy atom. The molecule has 0 saturated heterocycles. The summed E-state index contributed by atoms with van der Waals surface area (Å²) in [7, 11) is 0. The Balaban J connectivity index is 2.83. The van der Waals surface area contributed by atoms with Crippen LogP contribution in [-0.2, 0) is 12.0 Å². The zero-order chi connectivity index (χ0) is 13.3. The molecule has 0 aromatic carbocycles. The van der Waals surface area contributed by atoms with Gasteiger partial charge in [-0.1, -0.05) is 5.21 Å². The highest BCUT2D eigenvalue weighted by Crippen LogP contribution is 2.61. The van der Waals surface area contributed by atoms with E-state index in [9.17, 15) is 35.1 Å². The number of rotatable bonds is 0. The van der Waals surface area contributed by atoms with Crippen LogP contribution in [0.15, 0.2) is 6.20 Å². The van der Waals surface area contributed by atoms with E-state index in [0.717, 1.165) is 0 Å². The van der Waals surface area contributed by atoms with Crippen LogP contribution in [0.4, 0.5) is 35.1 Å². The molecule has 1 aliphatic rings. The van der Waals surface area contributed by atoms with Gasteiger partial charge in [0.15, 0.2) is 0 Å². The third kappa shape index (κ3) is 1.02. The molecule has 1 aromatic heterocycles. The maximum Gasteiger partial charge on any atom is 0.414 e. The van der Waals surface area contributed by atoms with Gasteiger partial charge < -0.3 is 0 Å². The maximum absolute atomic E-state index is 13.0. The lowest BCUT2D eigenvalue weighted by Crippen LogP contribution is -2.66. The molecule has 2 rings (SSSR count). The van der Waals surface area contributed by atoms with Crippen molar-refractivity contribution in [2.75, 3.05) is 0 Å². The predicted octanol–water partition coefficient (Wildman–Crippen LogP) is 2.20. The summed E-state index contributed by atoms with van der Waals surface area (Å²) in [5, 5.41) is 4.80. The highest BCUT2D eigenvalue weighted by atomic mass is 19.4.